The summed E-state index contributed by atoms with van der Waals surface area (Å²) in [6.45, 7) is 0.682. The summed E-state index contributed by atoms with van der Waals surface area (Å²) in [5.74, 6) is -0.355. The van der Waals surface area contributed by atoms with E-state index in [0.29, 0.717) is 42.2 Å². The molecule has 1 unspecified atom stereocenters. The third-order valence-corrected chi connectivity index (χ3v) is 5.39. The summed E-state index contributed by atoms with van der Waals surface area (Å²) in [6, 6.07) is 10.4. The van der Waals surface area contributed by atoms with Crippen molar-refractivity contribution >= 4 is 40.0 Å². The highest BCUT2D eigenvalue weighted by atomic mass is 35.5. The number of halogens is 1. The molecule has 1 aromatic carbocycles. The van der Waals surface area contributed by atoms with E-state index in [4.69, 9.17) is 11.6 Å². The Kier molecular flexibility index (Phi) is 5.76. The summed E-state index contributed by atoms with van der Waals surface area (Å²) in [5.41, 5.74) is -0.304. The van der Waals surface area contributed by atoms with Crippen molar-refractivity contribution in [3.05, 3.63) is 64.2 Å². The Hall–Kier alpha value is -3.26. The molecule has 9 heteroatoms. The molecule has 1 N–H and O–H groups in total. The second-order valence-corrected chi connectivity index (χ2v) is 7.66. The molecule has 30 heavy (non-hydrogen) atoms. The zero-order valence-electron chi connectivity index (χ0n) is 16.1. The van der Waals surface area contributed by atoms with Gasteiger partial charge < -0.3 is 10.2 Å². The van der Waals surface area contributed by atoms with Crippen LogP contribution in [0.5, 0.6) is 0 Å². The summed E-state index contributed by atoms with van der Waals surface area (Å²) >= 11 is 5.81. The van der Waals surface area contributed by atoms with Gasteiger partial charge in [-0.2, -0.15) is 5.10 Å². The first-order valence-corrected chi connectivity index (χ1v) is 10.0. The molecule has 4 rings (SSSR count). The lowest BCUT2D eigenvalue weighted by atomic mass is 9.97. The van der Waals surface area contributed by atoms with Gasteiger partial charge in [-0.3, -0.25) is 14.4 Å². The molecule has 1 fully saturated rings. The molecule has 3 heterocycles. The van der Waals surface area contributed by atoms with E-state index in [9.17, 15) is 14.4 Å². The first kappa shape index (κ1) is 20.0. The lowest BCUT2D eigenvalue weighted by molar-refractivity contribution is -0.135. The maximum atomic E-state index is 12.8. The van der Waals surface area contributed by atoms with Crippen LogP contribution >= 0.6 is 11.6 Å². The minimum absolute atomic E-state index is 0.156. The maximum absolute atomic E-state index is 12.8. The fraction of sp³-hybridized carbons (Fsp3) is 0.286. The Labute approximate surface area is 177 Å². The number of pyridine rings is 1. The number of likely N-dealkylation sites (tertiary alicyclic amines) is 1. The number of hydrogen-bond acceptors (Lipinski definition) is 5. The maximum Gasteiger partial charge on any atom is 0.275 e. The van der Waals surface area contributed by atoms with Crippen LogP contribution in [0.25, 0.3) is 10.8 Å². The molecule has 2 amide bonds. The van der Waals surface area contributed by atoms with Gasteiger partial charge in [0.1, 0.15) is 12.4 Å². The van der Waals surface area contributed by atoms with Crippen molar-refractivity contribution in [1.82, 2.24) is 19.7 Å². The Morgan fingerprint density at radius 1 is 1.17 bits per heavy atom. The van der Waals surface area contributed by atoms with Crippen LogP contribution in [0, 0.1) is 5.92 Å². The number of hydrogen-bond donors (Lipinski definition) is 1. The van der Waals surface area contributed by atoms with Crippen LogP contribution in [0.1, 0.15) is 12.8 Å². The highest BCUT2D eigenvalue weighted by molar-refractivity contribution is 6.30. The predicted octanol–water partition coefficient (Wildman–Crippen LogP) is 2.32. The standard InChI is InChI=1S/C21H20ClN5O3/c22-16-7-8-18(23-11-16)25-20(29)15-5-3-9-26(12-15)19(28)13-27-21(30)17-6-2-1-4-14(17)10-24-27/h1-2,4,6-8,10-11,15H,3,5,9,12-13H2,(H,23,25,29). The van der Waals surface area contributed by atoms with E-state index in [2.05, 4.69) is 15.4 Å². The Balaban J connectivity index is 1.42. The summed E-state index contributed by atoms with van der Waals surface area (Å²) in [5, 5.41) is 8.62. The molecule has 3 aromatic rings. The zero-order valence-corrected chi connectivity index (χ0v) is 16.9. The molecule has 1 aliphatic heterocycles. The number of carbonyl (C=O) groups is 2. The topological polar surface area (TPSA) is 97.2 Å². The van der Waals surface area contributed by atoms with Crippen LogP contribution < -0.4 is 10.9 Å². The molecule has 0 spiro atoms. The number of amides is 2. The van der Waals surface area contributed by atoms with E-state index in [1.165, 1.54) is 10.9 Å². The summed E-state index contributed by atoms with van der Waals surface area (Å²) in [6.07, 6.45) is 4.42. The number of piperidine rings is 1. The average Bonchev–Trinajstić information content (AvgIpc) is 2.77. The van der Waals surface area contributed by atoms with E-state index < -0.39 is 0 Å². The van der Waals surface area contributed by atoms with Crippen LogP contribution in [-0.2, 0) is 16.1 Å². The van der Waals surface area contributed by atoms with E-state index in [1.807, 2.05) is 6.07 Å². The molecule has 0 saturated carbocycles. The van der Waals surface area contributed by atoms with Crippen LogP contribution in [0.4, 0.5) is 5.82 Å². The minimum atomic E-state index is -0.346. The van der Waals surface area contributed by atoms with E-state index in [0.717, 1.165) is 5.39 Å². The third-order valence-electron chi connectivity index (χ3n) is 5.17. The number of carbonyl (C=O) groups excluding carboxylic acids is 2. The van der Waals surface area contributed by atoms with Gasteiger partial charge in [-0.05, 0) is 31.0 Å². The number of nitrogens with zero attached hydrogens (tertiary/aromatic N) is 4. The molecular weight excluding hydrogens is 406 g/mol. The Morgan fingerprint density at radius 3 is 2.80 bits per heavy atom. The van der Waals surface area contributed by atoms with E-state index in [1.54, 1.807) is 41.4 Å². The highest BCUT2D eigenvalue weighted by Gasteiger charge is 2.29. The lowest BCUT2D eigenvalue weighted by Gasteiger charge is -2.32. The number of benzene rings is 1. The van der Waals surface area contributed by atoms with E-state index in [-0.39, 0.29) is 29.8 Å². The van der Waals surface area contributed by atoms with Gasteiger partial charge >= 0.3 is 0 Å². The smallest absolute Gasteiger partial charge is 0.275 e. The van der Waals surface area contributed by atoms with Gasteiger partial charge in [-0.25, -0.2) is 9.67 Å². The molecule has 2 aromatic heterocycles. The quantitative estimate of drug-likeness (QED) is 0.691. The van der Waals surface area contributed by atoms with Crippen molar-refractivity contribution in [2.45, 2.75) is 19.4 Å². The fourth-order valence-corrected chi connectivity index (χ4v) is 3.68. The SMILES string of the molecule is O=C(Nc1ccc(Cl)cn1)C1CCCN(C(=O)Cn2ncc3ccccc3c2=O)C1. The van der Waals surface area contributed by atoms with Gasteiger partial charge in [0.2, 0.25) is 11.8 Å². The molecule has 154 valence electrons. The number of nitrogens with one attached hydrogen (secondary N) is 1. The molecule has 8 nitrogen and oxygen atoms in total. The third kappa shape index (κ3) is 4.33. The van der Waals surface area contributed by atoms with Crippen LogP contribution in [-0.4, -0.2) is 44.6 Å². The van der Waals surface area contributed by atoms with Gasteiger partial charge in [0.25, 0.3) is 5.56 Å². The largest absolute Gasteiger partial charge is 0.340 e. The fourth-order valence-electron chi connectivity index (χ4n) is 3.56. The van der Waals surface area contributed by atoms with E-state index >= 15 is 0 Å². The number of anilines is 1. The molecule has 1 saturated heterocycles. The molecular formula is C21H20ClN5O3. The minimum Gasteiger partial charge on any atom is -0.340 e. The van der Waals surface area contributed by atoms with Crippen molar-refractivity contribution in [3.8, 4) is 0 Å². The van der Waals surface area contributed by atoms with Crippen molar-refractivity contribution in [2.75, 3.05) is 18.4 Å². The van der Waals surface area contributed by atoms with Gasteiger partial charge in [0, 0.05) is 24.7 Å². The lowest BCUT2D eigenvalue weighted by Crippen LogP contribution is -2.46. The summed E-state index contributed by atoms with van der Waals surface area (Å²) < 4.78 is 1.17. The first-order chi connectivity index (χ1) is 14.5. The second kappa shape index (κ2) is 8.62. The van der Waals surface area contributed by atoms with Gasteiger partial charge in [0.15, 0.2) is 0 Å². The monoisotopic (exact) mass is 425 g/mol. The number of fused-ring (bicyclic) bond motifs is 1. The Morgan fingerprint density at radius 2 is 2.00 bits per heavy atom. The van der Waals surface area contributed by atoms with Crippen molar-refractivity contribution in [2.24, 2.45) is 5.92 Å². The van der Waals surface area contributed by atoms with Gasteiger partial charge in [-0.1, -0.05) is 29.8 Å². The second-order valence-electron chi connectivity index (χ2n) is 7.22. The first-order valence-electron chi connectivity index (χ1n) is 9.66. The van der Waals surface area contributed by atoms with Crippen LogP contribution in [0.3, 0.4) is 0 Å². The summed E-state index contributed by atoms with van der Waals surface area (Å²) in [7, 11) is 0. The normalized spacial score (nSPS) is 16.4. The number of rotatable bonds is 4. The van der Waals surface area contributed by atoms with Crippen molar-refractivity contribution < 1.29 is 9.59 Å². The molecule has 1 atom stereocenters. The molecule has 0 radical (unpaired) electrons. The van der Waals surface area contributed by atoms with Crippen molar-refractivity contribution in [3.63, 3.8) is 0 Å². The summed E-state index contributed by atoms with van der Waals surface area (Å²) in [4.78, 5) is 43.7. The van der Waals surface area contributed by atoms with Crippen molar-refractivity contribution in [1.29, 1.82) is 0 Å². The van der Waals surface area contributed by atoms with Gasteiger partial charge in [-0.15, -0.1) is 0 Å². The molecule has 0 bridgehead atoms. The van der Waals surface area contributed by atoms with Crippen LogP contribution in [0.15, 0.2) is 53.6 Å². The zero-order chi connectivity index (χ0) is 21.1. The predicted molar refractivity (Wildman–Crippen MR) is 113 cm³/mol. The number of aromatic nitrogens is 3. The molecule has 1 aliphatic rings. The highest BCUT2D eigenvalue weighted by Crippen LogP contribution is 2.19. The average molecular weight is 426 g/mol. The Bertz CT molecular complexity index is 1150. The van der Waals surface area contributed by atoms with Gasteiger partial charge in [0.05, 0.1) is 22.5 Å². The molecule has 0 aliphatic carbocycles. The van der Waals surface area contributed by atoms with Crippen LogP contribution in [0.2, 0.25) is 5.02 Å².